The molecule has 1 aromatic carbocycles. The van der Waals surface area contributed by atoms with Crippen molar-refractivity contribution in [2.24, 2.45) is 0 Å². The van der Waals surface area contributed by atoms with Gasteiger partial charge in [0.05, 0.1) is 104 Å². The van der Waals surface area contributed by atoms with Crippen LogP contribution in [-0.2, 0) is 64.0 Å². The van der Waals surface area contributed by atoms with Gasteiger partial charge in [-0.25, -0.2) is 9.36 Å². The van der Waals surface area contributed by atoms with Gasteiger partial charge in [0.1, 0.15) is 0 Å². The van der Waals surface area contributed by atoms with E-state index in [1.54, 1.807) is 4.68 Å². The Hall–Kier alpha value is -2.84. The first-order valence-corrected chi connectivity index (χ1v) is 22.5. The summed E-state index contributed by atoms with van der Waals surface area (Å²) in [6.45, 7) is 23.2. The van der Waals surface area contributed by atoms with Gasteiger partial charge in [-0.05, 0) is 27.9 Å². The maximum atomic E-state index is 11.9. The van der Waals surface area contributed by atoms with E-state index in [0.717, 1.165) is 50.5 Å². The van der Waals surface area contributed by atoms with Crippen molar-refractivity contribution in [2.45, 2.75) is 72.8 Å². The Kier molecular flexibility index (Phi) is 25.0. The summed E-state index contributed by atoms with van der Waals surface area (Å²) in [5.41, 5.74) is 4.41. The molecule has 17 heteroatoms. The molecular formula is C40H71N9O7S. The number of nitrogens with zero attached hydrogens (tertiary/aromatic N) is 7. The van der Waals surface area contributed by atoms with Gasteiger partial charge in [0.15, 0.2) is 0 Å². The summed E-state index contributed by atoms with van der Waals surface area (Å²) in [6.07, 6.45) is 4.72. The molecule has 0 bridgehead atoms. The second-order valence-corrected chi connectivity index (χ2v) is 17.4. The Bertz CT molecular complexity index is 1540. The minimum Gasteiger partial charge on any atom is -0.378 e. The monoisotopic (exact) mass is 822 g/mol. The number of aryl methyl sites for hydroxylation is 1. The normalized spacial score (nSPS) is 14.4. The van der Waals surface area contributed by atoms with Crippen LogP contribution in [0.4, 0.5) is 0 Å². The zero-order chi connectivity index (χ0) is 41.0. The highest BCUT2D eigenvalue weighted by molar-refractivity contribution is 8.00. The van der Waals surface area contributed by atoms with Gasteiger partial charge >= 0.3 is 0 Å². The summed E-state index contributed by atoms with van der Waals surface area (Å²) >= 11 is 0. The Morgan fingerprint density at radius 3 is 1.63 bits per heavy atom. The van der Waals surface area contributed by atoms with E-state index < -0.39 is 9.52 Å². The van der Waals surface area contributed by atoms with Crippen molar-refractivity contribution in [3.05, 3.63) is 59.2 Å². The molecule has 16 nitrogen and oxygen atoms in total. The van der Waals surface area contributed by atoms with Crippen LogP contribution in [-0.4, -0.2) is 174 Å². The summed E-state index contributed by atoms with van der Waals surface area (Å²) in [7, 11) is -1.85. The van der Waals surface area contributed by atoms with Gasteiger partial charge in [-0.3, -0.25) is 9.11 Å². The van der Waals surface area contributed by atoms with Gasteiger partial charge in [-0.2, -0.15) is 0 Å². The summed E-state index contributed by atoms with van der Waals surface area (Å²) in [5, 5.41) is 23.3. The molecule has 0 spiro atoms. The smallest absolute Gasteiger partial charge is 0.0967 e. The molecule has 0 amide bonds. The zero-order valence-corrected chi connectivity index (χ0v) is 36.1. The molecular weight excluding hydrogens is 751 g/mol. The number of benzene rings is 1. The molecule has 2 N–H and O–H groups in total. The molecule has 2 aromatic heterocycles. The second-order valence-electron chi connectivity index (χ2n) is 14.7. The van der Waals surface area contributed by atoms with Gasteiger partial charge in [-0.15, -0.1) is 10.2 Å². The Morgan fingerprint density at radius 2 is 1.14 bits per heavy atom. The maximum absolute atomic E-state index is 11.9. The van der Waals surface area contributed by atoms with Crippen molar-refractivity contribution < 1.29 is 32.6 Å². The molecule has 3 aromatic rings. The minimum atomic E-state index is -1.85. The quantitative estimate of drug-likeness (QED) is 0.0743. The van der Waals surface area contributed by atoms with Crippen molar-refractivity contribution in [1.29, 1.82) is 0 Å². The van der Waals surface area contributed by atoms with Gasteiger partial charge in [0, 0.05) is 75.1 Å². The van der Waals surface area contributed by atoms with E-state index >= 15 is 0 Å². The Balaban J connectivity index is 0.000000306. The van der Waals surface area contributed by atoms with Gasteiger partial charge < -0.3 is 39.1 Å². The zero-order valence-electron chi connectivity index (χ0n) is 35.3. The van der Waals surface area contributed by atoms with Crippen LogP contribution in [0.25, 0.3) is 0 Å². The van der Waals surface area contributed by atoms with E-state index in [9.17, 15) is 4.21 Å². The van der Waals surface area contributed by atoms with Crippen LogP contribution < -0.4 is 10.6 Å². The third kappa shape index (κ3) is 24.6. The molecule has 1 fully saturated rings. The molecule has 1 aliphatic heterocycles. The van der Waals surface area contributed by atoms with E-state index in [4.69, 9.17) is 28.4 Å². The lowest BCUT2D eigenvalue weighted by Gasteiger charge is -2.27. The molecule has 0 radical (unpaired) electrons. The third-order valence-corrected chi connectivity index (χ3v) is 10.5. The van der Waals surface area contributed by atoms with Crippen LogP contribution in [0.1, 0.15) is 50.2 Å². The highest BCUT2D eigenvalue weighted by Crippen LogP contribution is 2.10. The second kappa shape index (κ2) is 29.4. The highest BCUT2D eigenvalue weighted by atomic mass is 32.2. The standard InChI is InChI=1S/C21H34N4O3.C19H37N5O4S/c1-18(2)22-7-9-26-11-13-28-14-12-27-10-8-25-17-21(23-24-25)16-20-6-4-5-19(3)15-20;1-18(2)20-4-8-26-10-12-28-13-11-27-9-5-24-17-19(21-22-24)16-23-6-14-29(3,25)15-7-23/h4-6,15,17-18,22H,7-14,16H2,1-3H3;17-18,20H,3-16H2,1-2H3. The molecule has 0 saturated carbocycles. The molecule has 57 heavy (non-hydrogen) atoms. The Labute approximate surface area is 341 Å². The van der Waals surface area contributed by atoms with Crippen LogP contribution in [0.3, 0.4) is 0 Å². The van der Waals surface area contributed by atoms with Crippen molar-refractivity contribution in [3.8, 4) is 0 Å². The van der Waals surface area contributed by atoms with Crippen molar-refractivity contribution in [3.63, 3.8) is 0 Å². The fraction of sp³-hybridized carbons (Fsp3) is 0.725. The lowest BCUT2D eigenvalue weighted by molar-refractivity contribution is 0.0131. The average molecular weight is 822 g/mol. The number of aromatic nitrogens is 6. The SMILES string of the molecule is C=S1(=O)CCN(Cc2cn(CCOCCOCCOCCNC(C)C)nn2)CC1.Cc1cccc(Cc2cn(CCOCCOCCOCCNC(C)C)nn2)c1. The van der Waals surface area contributed by atoms with Gasteiger partial charge in [0.25, 0.3) is 0 Å². The molecule has 0 unspecified atom stereocenters. The minimum absolute atomic E-state index is 0.487. The summed E-state index contributed by atoms with van der Waals surface area (Å²) < 4.78 is 48.6. The van der Waals surface area contributed by atoms with Crippen LogP contribution >= 0.6 is 0 Å². The van der Waals surface area contributed by atoms with E-state index in [2.05, 4.69) is 101 Å². The predicted molar refractivity (Wildman–Crippen MR) is 225 cm³/mol. The Morgan fingerprint density at radius 1 is 0.684 bits per heavy atom. The molecule has 1 aliphatic rings. The van der Waals surface area contributed by atoms with Gasteiger partial charge in [0.2, 0.25) is 0 Å². The molecule has 0 atom stereocenters. The van der Waals surface area contributed by atoms with Crippen LogP contribution in [0.15, 0.2) is 36.7 Å². The topological polar surface area (TPSA) is 161 Å². The fourth-order valence-electron chi connectivity index (χ4n) is 5.51. The first-order chi connectivity index (χ1) is 27.6. The number of hydrogen-bond acceptors (Lipinski definition) is 14. The fourth-order valence-corrected chi connectivity index (χ4v) is 6.90. The van der Waals surface area contributed by atoms with E-state index in [-0.39, 0.29) is 0 Å². The van der Waals surface area contributed by atoms with E-state index in [1.807, 2.05) is 17.1 Å². The lowest BCUT2D eigenvalue weighted by atomic mass is 10.1. The lowest BCUT2D eigenvalue weighted by Crippen LogP contribution is -2.39. The summed E-state index contributed by atoms with van der Waals surface area (Å²) in [5.74, 6) is 5.13. The van der Waals surface area contributed by atoms with Crippen LogP contribution in [0, 0.1) is 6.92 Å². The molecule has 324 valence electrons. The first-order valence-electron chi connectivity index (χ1n) is 20.4. The number of rotatable bonds is 30. The van der Waals surface area contributed by atoms with Crippen LogP contribution in [0.2, 0.25) is 0 Å². The van der Waals surface area contributed by atoms with E-state index in [1.165, 1.54) is 11.1 Å². The van der Waals surface area contributed by atoms with Crippen LogP contribution in [0.5, 0.6) is 0 Å². The highest BCUT2D eigenvalue weighted by Gasteiger charge is 2.18. The van der Waals surface area contributed by atoms with E-state index in [0.29, 0.717) is 116 Å². The average Bonchev–Trinajstić information content (AvgIpc) is 3.82. The summed E-state index contributed by atoms with van der Waals surface area (Å²) in [6, 6.07) is 9.44. The third-order valence-electron chi connectivity index (χ3n) is 8.60. The molecule has 0 aliphatic carbocycles. The van der Waals surface area contributed by atoms with Crippen molar-refractivity contribution >= 4 is 15.4 Å². The summed E-state index contributed by atoms with van der Waals surface area (Å²) in [4.78, 5) is 2.25. The largest absolute Gasteiger partial charge is 0.378 e. The van der Waals surface area contributed by atoms with Gasteiger partial charge in [-0.1, -0.05) is 68.0 Å². The van der Waals surface area contributed by atoms with Crippen molar-refractivity contribution in [2.75, 3.05) is 117 Å². The number of nitrogens with one attached hydrogen (secondary N) is 2. The molecule has 3 heterocycles. The number of ether oxygens (including phenoxy) is 6. The first kappa shape index (κ1) is 48.5. The number of hydrogen-bond donors (Lipinski definition) is 2. The molecule has 1 saturated heterocycles. The van der Waals surface area contributed by atoms with Crippen molar-refractivity contribution in [1.82, 2.24) is 45.5 Å². The predicted octanol–water partition coefficient (Wildman–Crippen LogP) is 2.08. The molecule has 4 rings (SSSR count). The maximum Gasteiger partial charge on any atom is 0.0967 e.